The van der Waals surface area contributed by atoms with Crippen molar-refractivity contribution in [3.05, 3.63) is 23.8 Å². The number of methoxy groups -OCH3 is 1. The first-order valence-electron chi connectivity index (χ1n) is 6.27. The Morgan fingerprint density at radius 1 is 1.35 bits per heavy atom. The van der Waals surface area contributed by atoms with Gasteiger partial charge in [0, 0.05) is 23.8 Å². The lowest BCUT2D eigenvalue weighted by atomic mass is 10.1. The van der Waals surface area contributed by atoms with E-state index in [4.69, 9.17) is 15.4 Å². The molecule has 0 unspecified atom stereocenters. The van der Waals surface area contributed by atoms with Gasteiger partial charge >= 0.3 is 0 Å². The summed E-state index contributed by atoms with van der Waals surface area (Å²) < 4.78 is 27.9. The van der Waals surface area contributed by atoms with Crippen molar-refractivity contribution in [1.82, 2.24) is 4.90 Å². The molecule has 1 aromatic carbocycles. The van der Waals surface area contributed by atoms with Crippen LogP contribution in [0.1, 0.15) is 30.6 Å². The van der Waals surface area contributed by atoms with Gasteiger partial charge in [-0.2, -0.15) is 0 Å². The Kier molecular flexibility index (Phi) is 5.83. The summed E-state index contributed by atoms with van der Waals surface area (Å²) in [7, 11) is 2.86. The van der Waals surface area contributed by atoms with Crippen molar-refractivity contribution in [2.45, 2.75) is 25.2 Å². The summed E-state index contributed by atoms with van der Waals surface area (Å²) in [4.78, 5) is 13.9. The molecule has 0 aliphatic carbocycles. The van der Waals surface area contributed by atoms with Crippen LogP contribution in [0.3, 0.4) is 0 Å². The number of ether oxygens (including phenoxy) is 1. The van der Waals surface area contributed by atoms with Crippen molar-refractivity contribution in [2.75, 3.05) is 20.2 Å². The van der Waals surface area contributed by atoms with Crippen LogP contribution in [0, 0.1) is 0 Å². The predicted octanol–water partition coefficient (Wildman–Crippen LogP) is 2.49. The van der Waals surface area contributed by atoms with E-state index in [1.165, 1.54) is 25.3 Å². The molecule has 0 fully saturated rings. The molecule has 0 bridgehead atoms. The molecule has 1 amide bonds. The molecule has 0 atom stereocenters. The number of amides is 1. The number of carbonyl (C=O) groups is 1. The van der Waals surface area contributed by atoms with Crippen LogP contribution in [-0.4, -0.2) is 39.4 Å². The molecule has 20 heavy (non-hydrogen) atoms. The number of hydrogen-bond acceptors (Lipinski definition) is 4. The zero-order chi connectivity index (χ0) is 15.3. The summed E-state index contributed by atoms with van der Waals surface area (Å²) in [6, 6.07) is 4.00. The number of nitrogens with zero attached hydrogens (tertiary/aromatic N) is 1. The Balaban J connectivity index is 3.30. The summed E-state index contributed by atoms with van der Waals surface area (Å²) in [6.07, 6.45) is 0.815. The fraction of sp³-hybridized carbons (Fsp3) is 0.462. The van der Waals surface area contributed by atoms with Crippen molar-refractivity contribution in [3.63, 3.8) is 0 Å². The van der Waals surface area contributed by atoms with E-state index in [9.17, 15) is 13.2 Å². The minimum Gasteiger partial charge on any atom is -0.496 e. The number of carbonyl (C=O) groups excluding carboxylic acids is 1. The molecule has 0 N–H and O–H groups in total. The van der Waals surface area contributed by atoms with E-state index < -0.39 is 9.05 Å². The number of hydrogen-bond donors (Lipinski definition) is 0. The quantitative estimate of drug-likeness (QED) is 0.756. The van der Waals surface area contributed by atoms with E-state index in [1.54, 1.807) is 4.90 Å². The second kappa shape index (κ2) is 6.95. The zero-order valence-corrected chi connectivity index (χ0v) is 13.3. The first kappa shape index (κ1) is 16.8. The van der Waals surface area contributed by atoms with Crippen LogP contribution < -0.4 is 4.74 Å². The number of halogens is 1. The summed E-state index contributed by atoms with van der Waals surface area (Å²) in [5.41, 5.74) is 0.199. The van der Waals surface area contributed by atoms with Crippen LogP contribution in [0.2, 0.25) is 0 Å². The second-order valence-electron chi connectivity index (χ2n) is 4.18. The molecule has 5 nitrogen and oxygen atoms in total. The normalized spacial score (nSPS) is 11.2. The first-order chi connectivity index (χ1) is 9.35. The second-order valence-corrected chi connectivity index (χ2v) is 6.75. The molecular weight excluding hydrogens is 302 g/mol. The number of benzene rings is 1. The fourth-order valence-corrected chi connectivity index (χ4v) is 2.63. The van der Waals surface area contributed by atoms with E-state index in [-0.39, 0.29) is 16.4 Å². The summed E-state index contributed by atoms with van der Waals surface area (Å²) in [5.74, 6) is 0.0574. The molecular formula is C13H18ClNO4S. The minimum atomic E-state index is -3.88. The molecule has 0 aliphatic rings. The highest BCUT2D eigenvalue weighted by Crippen LogP contribution is 2.25. The Hall–Kier alpha value is -1.27. The molecule has 112 valence electrons. The maximum atomic E-state index is 12.4. The SMILES string of the molecule is CCCN(CC)C(=O)c1cc(S(=O)(=O)Cl)ccc1OC. The van der Waals surface area contributed by atoms with Crippen molar-refractivity contribution in [3.8, 4) is 5.75 Å². The van der Waals surface area contributed by atoms with Crippen LogP contribution in [0.5, 0.6) is 5.75 Å². The van der Waals surface area contributed by atoms with Crippen LogP contribution in [-0.2, 0) is 9.05 Å². The van der Waals surface area contributed by atoms with Gasteiger partial charge < -0.3 is 9.64 Å². The molecule has 1 aromatic rings. The van der Waals surface area contributed by atoms with Crippen molar-refractivity contribution in [2.24, 2.45) is 0 Å². The van der Waals surface area contributed by atoms with Gasteiger partial charge in [0.15, 0.2) is 0 Å². The van der Waals surface area contributed by atoms with Crippen molar-refractivity contribution >= 4 is 25.6 Å². The van der Waals surface area contributed by atoms with Crippen molar-refractivity contribution in [1.29, 1.82) is 0 Å². The largest absolute Gasteiger partial charge is 0.496 e. The standard InChI is InChI=1S/C13H18ClNO4S/c1-4-8-15(5-2)13(16)11-9-10(20(14,17)18)6-7-12(11)19-3/h6-7,9H,4-5,8H2,1-3H3. The average Bonchev–Trinajstić information content (AvgIpc) is 2.42. The molecule has 0 radical (unpaired) electrons. The molecule has 0 saturated heterocycles. The lowest BCUT2D eigenvalue weighted by molar-refractivity contribution is 0.0761. The number of rotatable bonds is 6. The third-order valence-electron chi connectivity index (χ3n) is 2.85. The molecule has 7 heteroatoms. The summed E-state index contributed by atoms with van der Waals surface area (Å²) in [5, 5.41) is 0. The molecule has 0 saturated carbocycles. The molecule has 0 aliphatic heterocycles. The average molecular weight is 320 g/mol. The molecule has 0 aromatic heterocycles. The Morgan fingerprint density at radius 2 is 2.00 bits per heavy atom. The highest BCUT2D eigenvalue weighted by atomic mass is 35.7. The third kappa shape index (κ3) is 3.86. The molecule has 0 heterocycles. The topological polar surface area (TPSA) is 63.7 Å². The maximum absolute atomic E-state index is 12.4. The Morgan fingerprint density at radius 3 is 2.45 bits per heavy atom. The van der Waals surface area contributed by atoms with Gasteiger partial charge in [0.1, 0.15) is 5.75 Å². The van der Waals surface area contributed by atoms with Gasteiger partial charge in [0.2, 0.25) is 0 Å². The van der Waals surface area contributed by atoms with Crippen LogP contribution in [0.4, 0.5) is 0 Å². The predicted molar refractivity (Wildman–Crippen MR) is 77.9 cm³/mol. The van der Waals surface area contributed by atoms with E-state index in [0.717, 1.165) is 6.42 Å². The zero-order valence-electron chi connectivity index (χ0n) is 11.7. The van der Waals surface area contributed by atoms with Crippen LogP contribution in [0.25, 0.3) is 0 Å². The van der Waals surface area contributed by atoms with E-state index in [2.05, 4.69) is 0 Å². The lowest BCUT2D eigenvalue weighted by Crippen LogP contribution is -2.31. The monoisotopic (exact) mass is 319 g/mol. The lowest BCUT2D eigenvalue weighted by Gasteiger charge is -2.21. The first-order valence-corrected chi connectivity index (χ1v) is 8.58. The maximum Gasteiger partial charge on any atom is 0.261 e. The fourth-order valence-electron chi connectivity index (χ4n) is 1.85. The highest BCUT2D eigenvalue weighted by Gasteiger charge is 2.21. The molecule has 0 spiro atoms. The van der Waals surface area contributed by atoms with Gasteiger partial charge in [-0.25, -0.2) is 8.42 Å². The van der Waals surface area contributed by atoms with Crippen LogP contribution in [0.15, 0.2) is 23.1 Å². The van der Waals surface area contributed by atoms with Gasteiger partial charge in [-0.3, -0.25) is 4.79 Å². The van der Waals surface area contributed by atoms with Crippen LogP contribution >= 0.6 is 10.7 Å². The molecule has 1 rings (SSSR count). The Bertz CT molecular complexity index is 586. The highest BCUT2D eigenvalue weighted by molar-refractivity contribution is 8.13. The smallest absolute Gasteiger partial charge is 0.261 e. The van der Waals surface area contributed by atoms with E-state index >= 15 is 0 Å². The Labute approximate surface area is 123 Å². The van der Waals surface area contributed by atoms with Gasteiger partial charge in [0.05, 0.1) is 17.6 Å². The summed E-state index contributed by atoms with van der Waals surface area (Å²) >= 11 is 0. The minimum absolute atomic E-state index is 0.115. The van der Waals surface area contributed by atoms with Gasteiger partial charge in [-0.15, -0.1) is 0 Å². The van der Waals surface area contributed by atoms with Gasteiger partial charge in [-0.05, 0) is 31.5 Å². The van der Waals surface area contributed by atoms with Gasteiger partial charge in [0.25, 0.3) is 15.0 Å². The van der Waals surface area contributed by atoms with Gasteiger partial charge in [-0.1, -0.05) is 6.92 Å². The third-order valence-corrected chi connectivity index (χ3v) is 4.20. The van der Waals surface area contributed by atoms with E-state index in [0.29, 0.717) is 18.8 Å². The van der Waals surface area contributed by atoms with Crippen molar-refractivity contribution < 1.29 is 17.9 Å². The summed E-state index contributed by atoms with van der Waals surface area (Å²) in [6.45, 7) is 4.96. The van der Waals surface area contributed by atoms with E-state index in [1.807, 2.05) is 13.8 Å².